The van der Waals surface area contributed by atoms with Crippen molar-refractivity contribution in [3.05, 3.63) is 100 Å². The van der Waals surface area contributed by atoms with Gasteiger partial charge >= 0.3 is 18.4 Å². The average molecular weight is 657 g/mol. The van der Waals surface area contributed by atoms with Crippen LogP contribution in [0.1, 0.15) is 82.9 Å². The molecular formula is C34H29F5N2O6. The summed E-state index contributed by atoms with van der Waals surface area (Å²) in [6.45, 7) is 5.24. The Hall–Kier alpha value is -4.94. The molecule has 4 aromatic rings. The van der Waals surface area contributed by atoms with Crippen LogP contribution in [0.5, 0.6) is 17.2 Å². The summed E-state index contributed by atoms with van der Waals surface area (Å²) in [7, 11) is 0. The Bertz CT molecular complexity index is 1840. The molecule has 1 aliphatic heterocycles. The summed E-state index contributed by atoms with van der Waals surface area (Å²) in [6, 6.07) is 16.1. The van der Waals surface area contributed by atoms with Gasteiger partial charge < -0.3 is 18.9 Å². The molecule has 0 N–H and O–H groups in total. The summed E-state index contributed by atoms with van der Waals surface area (Å²) in [5, 5.41) is 3.97. The molecule has 13 heteroatoms. The molecule has 6 rings (SSSR count). The molecule has 2 heterocycles. The van der Waals surface area contributed by atoms with E-state index in [1.165, 1.54) is 54.6 Å². The van der Waals surface area contributed by atoms with Crippen LogP contribution in [0, 0.1) is 0 Å². The lowest BCUT2D eigenvalue weighted by Gasteiger charge is -2.26. The van der Waals surface area contributed by atoms with Crippen LogP contribution < -0.4 is 14.2 Å². The highest BCUT2D eigenvalue weighted by atomic mass is 19.4. The van der Waals surface area contributed by atoms with Crippen LogP contribution in [-0.4, -0.2) is 33.4 Å². The van der Waals surface area contributed by atoms with E-state index < -0.39 is 41.6 Å². The van der Waals surface area contributed by atoms with Crippen LogP contribution in [0.3, 0.4) is 0 Å². The van der Waals surface area contributed by atoms with Gasteiger partial charge in [-0.2, -0.15) is 18.3 Å². The Morgan fingerprint density at radius 2 is 1.68 bits per heavy atom. The highest BCUT2D eigenvalue weighted by Gasteiger charge is 2.44. The van der Waals surface area contributed by atoms with Crippen molar-refractivity contribution in [2.75, 3.05) is 0 Å². The van der Waals surface area contributed by atoms with E-state index in [-0.39, 0.29) is 46.8 Å². The number of hydrogen-bond acceptors (Lipinski definition) is 7. The lowest BCUT2D eigenvalue weighted by molar-refractivity contribution is -0.286. The fourth-order valence-electron chi connectivity index (χ4n) is 5.55. The van der Waals surface area contributed by atoms with Gasteiger partial charge in [0, 0.05) is 17.5 Å². The molecule has 0 fully saturated rings. The van der Waals surface area contributed by atoms with E-state index in [2.05, 4.69) is 14.6 Å². The van der Waals surface area contributed by atoms with Crippen molar-refractivity contribution in [1.29, 1.82) is 0 Å². The van der Waals surface area contributed by atoms with Gasteiger partial charge in [0.05, 0.1) is 16.9 Å². The smallest absolute Gasteiger partial charge is 0.484 e. The molecule has 1 aromatic heterocycles. The number of halogens is 5. The lowest BCUT2D eigenvalue weighted by Crippen LogP contribution is -2.25. The molecule has 3 aromatic carbocycles. The highest BCUT2D eigenvalue weighted by molar-refractivity contribution is 5.98. The van der Waals surface area contributed by atoms with Crippen molar-refractivity contribution in [3.8, 4) is 22.9 Å². The van der Waals surface area contributed by atoms with Crippen molar-refractivity contribution >= 4 is 11.8 Å². The SMILES string of the molecule is CC(C)(C)OC(=O)c1ccc(OC2CCCc3c(C(F)(F)F)nn(-c4cccc(C(=O)Cc5ccc6c(c5)OC(F)(F)O6)c4)c32)cc1. The number of esters is 1. The van der Waals surface area contributed by atoms with E-state index in [1.807, 2.05) is 0 Å². The van der Waals surface area contributed by atoms with Crippen molar-refractivity contribution in [1.82, 2.24) is 9.78 Å². The summed E-state index contributed by atoms with van der Waals surface area (Å²) in [5.41, 5.74) is -0.445. The summed E-state index contributed by atoms with van der Waals surface area (Å²) in [4.78, 5) is 25.7. The summed E-state index contributed by atoms with van der Waals surface area (Å²) >= 11 is 0. The average Bonchev–Trinajstić information content (AvgIpc) is 3.54. The largest absolute Gasteiger partial charge is 0.586 e. The molecule has 47 heavy (non-hydrogen) atoms. The second-order valence-corrected chi connectivity index (χ2v) is 12.2. The Kier molecular flexibility index (Phi) is 7.97. The van der Waals surface area contributed by atoms with Crippen LogP contribution in [0.15, 0.2) is 66.7 Å². The number of rotatable bonds is 7. The standard InChI is InChI=1S/C34H29F5N2O6/c1-32(2,3)47-31(43)20-11-13-23(14-12-20)44-27-9-5-8-24-29(27)41(40-30(24)33(35,36)37)22-7-4-6-21(18-22)25(42)16-19-10-15-26-28(17-19)46-34(38,39)45-26/h4,6-7,10-15,17-18,27H,5,8-9,16H2,1-3H3. The third-order valence-corrected chi connectivity index (χ3v) is 7.50. The number of nitrogens with zero attached hydrogens (tertiary/aromatic N) is 2. The molecule has 0 saturated carbocycles. The fraction of sp³-hybridized carbons (Fsp3) is 0.324. The van der Waals surface area contributed by atoms with E-state index in [1.54, 1.807) is 32.9 Å². The lowest BCUT2D eigenvalue weighted by atomic mass is 9.92. The summed E-state index contributed by atoms with van der Waals surface area (Å²) in [6.07, 6.45) is -8.61. The van der Waals surface area contributed by atoms with Gasteiger partial charge in [0.1, 0.15) is 17.5 Å². The first-order chi connectivity index (χ1) is 22.1. The zero-order valence-electron chi connectivity index (χ0n) is 25.5. The number of fused-ring (bicyclic) bond motifs is 2. The fourth-order valence-corrected chi connectivity index (χ4v) is 5.55. The van der Waals surface area contributed by atoms with Gasteiger partial charge in [-0.3, -0.25) is 4.79 Å². The molecule has 8 nitrogen and oxygen atoms in total. The van der Waals surface area contributed by atoms with Crippen molar-refractivity contribution < 1.29 is 50.5 Å². The predicted octanol–water partition coefficient (Wildman–Crippen LogP) is 8.05. The number of alkyl halides is 5. The molecule has 1 unspecified atom stereocenters. The van der Waals surface area contributed by atoms with Gasteiger partial charge in [-0.1, -0.05) is 18.2 Å². The van der Waals surface area contributed by atoms with Crippen LogP contribution in [0.25, 0.3) is 5.69 Å². The minimum absolute atomic E-state index is 0.00742. The number of carbonyl (C=O) groups excluding carboxylic acids is 2. The first kappa shape index (κ1) is 32.0. The van der Waals surface area contributed by atoms with E-state index in [4.69, 9.17) is 9.47 Å². The highest BCUT2D eigenvalue weighted by Crippen LogP contribution is 2.43. The van der Waals surface area contributed by atoms with E-state index in [9.17, 15) is 31.5 Å². The zero-order valence-corrected chi connectivity index (χ0v) is 25.5. The van der Waals surface area contributed by atoms with E-state index in [0.717, 1.165) is 4.68 Å². The normalized spacial score (nSPS) is 16.8. The van der Waals surface area contributed by atoms with Gasteiger partial charge in [0.25, 0.3) is 0 Å². The molecule has 1 atom stereocenters. The summed E-state index contributed by atoms with van der Waals surface area (Å²) in [5.74, 6) is -0.962. The van der Waals surface area contributed by atoms with Crippen LogP contribution in [0.2, 0.25) is 0 Å². The summed E-state index contributed by atoms with van der Waals surface area (Å²) < 4.78 is 91.1. The molecule has 0 bridgehead atoms. The van der Waals surface area contributed by atoms with Crippen LogP contribution in [-0.2, 0) is 23.8 Å². The number of ketones is 1. The quantitative estimate of drug-likeness (QED) is 0.113. The second-order valence-electron chi connectivity index (χ2n) is 12.2. The van der Waals surface area contributed by atoms with Gasteiger partial charge in [-0.05, 0) is 94.1 Å². The van der Waals surface area contributed by atoms with Crippen LogP contribution >= 0.6 is 0 Å². The zero-order chi connectivity index (χ0) is 33.7. The molecule has 246 valence electrons. The number of carbonyl (C=O) groups is 2. The third-order valence-electron chi connectivity index (χ3n) is 7.50. The minimum atomic E-state index is -4.74. The van der Waals surface area contributed by atoms with Crippen LogP contribution in [0.4, 0.5) is 22.0 Å². The Morgan fingerprint density at radius 1 is 0.957 bits per heavy atom. The number of benzene rings is 3. The minimum Gasteiger partial charge on any atom is -0.484 e. The Balaban J connectivity index is 1.28. The molecule has 1 aliphatic carbocycles. The Labute approximate surface area is 266 Å². The number of ether oxygens (including phenoxy) is 4. The van der Waals surface area contributed by atoms with Crippen molar-refractivity contribution in [3.63, 3.8) is 0 Å². The van der Waals surface area contributed by atoms with Gasteiger partial charge in [-0.15, -0.1) is 8.78 Å². The van der Waals surface area contributed by atoms with E-state index >= 15 is 0 Å². The molecular weight excluding hydrogens is 627 g/mol. The number of aromatic nitrogens is 2. The predicted molar refractivity (Wildman–Crippen MR) is 157 cm³/mol. The van der Waals surface area contributed by atoms with Crippen molar-refractivity contribution in [2.24, 2.45) is 0 Å². The van der Waals surface area contributed by atoms with Crippen molar-refractivity contribution in [2.45, 2.75) is 70.6 Å². The maximum Gasteiger partial charge on any atom is 0.586 e. The third kappa shape index (κ3) is 6.93. The number of Topliss-reactive ketones (excluding diaryl/α,β-unsaturated/α-hetero) is 1. The monoisotopic (exact) mass is 656 g/mol. The molecule has 0 saturated heterocycles. The number of hydrogen-bond donors (Lipinski definition) is 0. The topological polar surface area (TPSA) is 88.9 Å². The maximum absolute atomic E-state index is 14.2. The first-order valence-electron chi connectivity index (χ1n) is 14.8. The molecule has 0 spiro atoms. The van der Waals surface area contributed by atoms with Gasteiger partial charge in [0.15, 0.2) is 23.0 Å². The first-order valence-corrected chi connectivity index (χ1v) is 14.8. The van der Waals surface area contributed by atoms with E-state index in [0.29, 0.717) is 29.7 Å². The second kappa shape index (κ2) is 11.7. The Morgan fingerprint density at radius 3 is 2.38 bits per heavy atom. The van der Waals surface area contributed by atoms with Gasteiger partial charge in [-0.25, -0.2) is 9.48 Å². The molecule has 0 amide bonds. The molecule has 2 aliphatic rings. The molecule has 0 radical (unpaired) electrons. The maximum atomic E-state index is 14.2. The van der Waals surface area contributed by atoms with Gasteiger partial charge in [0.2, 0.25) is 0 Å².